The highest BCUT2D eigenvalue weighted by atomic mass is 32.1. The van der Waals surface area contributed by atoms with Gasteiger partial charge in [0.25, 0.3) is 0 Å². The van der Waals surface area contributed by atoms with Crippen LogP contribution in [0.25, 0.3) is 21.3 Å². The van der Waals surface area contributed by atoms with E-state index in [1.807, 2.05) is 35.2 Å². The number of ether oxygens (including phenoxy) is 1. The normalized spacial score (nSPS) is 17.1. The Balaban J connectivity index is 1.93. The van der Waals surface area contributed by atoms with Crippen LogP contribution >= 0.6 is 11.3 Å². The number of fused-ring (bicyclic) bond motifs is 1. The van der Waals surface area contributed by atoms with Crippen molar-refractivity contribution in [1.29, 1.82) is 0 Å². The van der Waals surface area contributed by atoms with Crippen molar-refractivity contribution in [3.05, 3.63) is 41.5 Å². The summed E-state index contributed by atoms with van der Waals surface area (Å²) >= 11 is 1.55. The molecule has 0 bridgehead atoms. The lowest BCUT2D eigenvalue weighted by molar-refractivity contribution is -0.138. The van der Waals surface area contributed by atoms with Crippen LogP contribution in [0.3, 0.4) is 0 Å². The van der Waals surface area contributed by atoms with Crippen LogP contribution in [0, 0.1) is 0 Å². The molecule has 0 spiro atoms. The maximum Gasteiger partial charge on any atom is 0.326 e. The number of anilines is 1. The number of methoxy groups -OCH3 is 1. The molecule has 26 heavy (non-hydrogen) atoms. The van der Waals surface area contributed by atoms with Crippen molar-refractivity contribution in [3.8, 4) is 11.1 Å². The van der Waals surface area contributed by atoms with E-state index in [-0.39, 0.29) is 0 Å². The van der Waals surface area contributed by atoms with Gasteiger partial charge in [0.1, 0.15) is 23.3 Å². The Morgan fingerprint density at radius 3 is 2.88 bits per heavy atom. The molecule has 0 saturated carbocycles. The molecule has 1 atom stereocenters. The number of carbonyl (C=O) groups is 1. The molecule has 3 heterocycles. The van der Waals surface area contributed by atoms with Crippen LogP contribution in [0.4, 0.5) is 5.82 Å². The first-order valence-electron chi connectivity index (χ1n) is 8.51. The largest absolute Gasteiger partial charge is 0.480 e. The van der Waals surface area contributed by atoms with Gasteiger partial charge in [-0.1, -0.05) is 30.3 Å². The van der Waals surface area contributed by atoms with Crippen LogP contribution in [0.2, 0.25) is 0 Å². The van der Waals surface area contributed by atoms with Crippen molar-refractivity contribution in [3.63, 3.8) is 0 Å². The summed E-state index contributed by atoms with van der Waals surface area (Å²) in [7, 11) is 1.60. The minimum Gasteiger partial charge on any atom is -0.480 e. The summed E-state index contributed by atoms with van der Waals surface area (Å²) in [6, 6.07) is 9.52. The van der Waals surface area contributed by atoms with Gasteiger partial charge in [-0.05, 0) is 18.4 Å². The van der Waals surface area contributed by atoms with Crippen LogP contribution in [0.5, 0.6) is 0 Å². The van der Waals surface area contributed by atoms with Crippen molar-refractivity contribution < 1.29 is 14.6 Å². The van der Waals surface area contributed by atoms with E-state index in [2.05, 4.69) is 10.4 Å². The molecule has 1 N–H and O–H groups in total. The van der Waals surface area contributed by atoms with Gasteiger partial charge >= 0.3 is 5.97 Å². The molecule has 0 aliphatic carbocycles. The lowest BCUT2D eigenvalue weighted by Gasteiger charge is -2.24. The Kier molecular flexibility index (Phi) is 4.57. The molecular formula is C19H19N3O3S. The van der Waals surface area contributed by atoms with E-state index in [1.54, 1.807) is 18.4 Å². The number of rotatable bonds is 5. The van der Waals surface area contributed by atoms with Gasteiger partial charge in [0, 0.05) is 24.6 Å². The van der Waals surface area contributed by atoms with Gasteiger partial charge in [0.05, 0.1) is 5.39 Å². The third-order valence-electron chi connectivity index (χ3n) is 4.63. The van der Waals surface area contributed by atoms with E-state index in [9.17, 15) is 9.90 Å². The Labute approximate surface area is 155 Å². The topological polar surface area (TPSA) is 75.5 Å². The number of aliphatic carboxylic acids is 1. The second-order valence-electron chi connectivity index (χ2n) is 6.28. The molecule has 7 heteroatoms. The van der Waals surface area contributed by atoms with Crippen molar-refractivity contribution in [2.75, 3.05) is 18.6 Å². The summed E-state index contributed by atoms with van der Waals surface area (Å²) in [5.74, 6) is 0.471. The monoisotopic (exact) mass is 369 g/mol. The molecule has 3 aromatic rings. The smallest absolute Gasteiger partial charge is 0.326 e. The van der Waals surface area contributed by atoms with E-state index >= 15 is 0 Å². The van der Waals surface area contributed by atoms with Crippen molar-refractivity contribution in [1.82, 2.24) is 9.97 Å². The number of nitrogens with zero attached hydrogens (tertiary/aromatic N) is 3. The zero-order chi connectivity index (χ0) is 18.1. The molecule has 1 aliphatic rings. The Morgan fingerprint density at radius 2 is 2.15 bits per heavy atom. The zero-order valence-electron chi connectivity index (χ0n) is 14.4. The van der Waals surface area contributed by atoms with E-state index in [0.717, 1.165) is 27.8 Å². The summed E-state index contributed by atoms with van der Waals surface area (Å²) in [5, 5.41) is 12.6. The summed E-state index contributed by atoms with van der Waals surface area (Å²) in [4.78, 5) is 23.8. The van der Waals surface area contributed by atoms with E-state index < -0.39 is 12.0 Å². The van der Waals surface area contributed by atoms with E-state index in [0.29, 0.717) is 31.2 Å². The number of carboxylic acids is 1. The molecule has 1 aliphatic heterocycles. The fourth-order valence-electron chi connectivity index (χ4n) is 3.48. The maximum absolute atomic E-state index is 11.7. The molecule has 1 fully saturated rings. The number of benzene rings is 1. The number of thiophene rings is 1. The Hall–Kier alpha value is -2.51. The SMILES string of the molecule is COCc1nc(N2CCCC2C(=O)O)c2c(-c3ccccc3)csc2n1. The molecule has 6 nitrogen and oxygen atoms in total. The average Bonchev–Trinajstić information content (AvgIpc) is 3.29. The first-order chi connectivity index (χ1) is 12.7. The van der Waals surface area contributed by atoms with Crippen molar-refractivity contribution in [2.24, 2.45) is 0 Å². The van der Waals surface area contributed by atoms with E-state index in [1.165, 1.54) is 0 Å². The zero-order valence-corrected chi connectivity index (χ0v) is 15.2. The number of hydrogen-bond acceptors (Lipinski definition) is 6. The molecule has 1 unspecified atom stereocenters. The fraction of sp³-hybridized carbons (Fsp3) is 0.316. The molecule has 2 aromatic heterocycles. The lowest BCUT2D eigenvalue weighted by Crippen LogP contribution is -2.36. The Bertz CT molecular complexity index is 942. The molecule has 134 valence electrons. The van der Waals surface area contributed by atoms with Gasteiger partial charge in [-0.3, -0.25) is 0 Å². The summed E-state index contributed by atoms with van der Waals surface area (Å²) in [6.07, 6.45) is 1.47. The van der Waals surface area contributed by atoms with Crippen molar-refractivity contribution >= 4 is 33.3 Å². The average molecular weight is 369 g/mol. The van der Waals surface area contributed by atoms with Gasteiger partial charge in [-0.15, -0.1) is 11.3 Å². The lowest BCUT2D eigenvalue weighted by atomic mass is 10.1. The van der Waals surface area contributed by atoms with Crippen LogP contribution in [0.15, 0.2) is 35.7 Å². The number of carboxylic acid groups (broad SMARTS) is 1. The first-order valence-corrected chi connectivity index (χ1v) is 9.39. The van der Waals surface area contributed by atoms with Gasteiger partial charge < -0.3 is 14.7 Å². The highest BCUT2D eigenvalue weighted by molar-refractivity contribution is 7.17. The van der Waals surface area contributed by atoms with Gasteiger partial charge in [-0.25, -0.2) is 14.8 Å². The molecule has 1 aromatic carbocycles. The third-order valence-corrected chi connectivity index (χ3v) is 5.50. The fourth-order valence-corrected chi connectivity index (χ4v) is 4.44. The maximum atomic E-state index is 11.7. The van der Waals surface area contributed by atoms with E-state index in [4.69, 9.17) is 9.72 Å². The van der Waals surface area contributed by atoms with Gasteiger partial charge in [-0.2, -0.15) is 0 Å². The van der Waals surface area contributed by atoms with Crippen LogP contribution in [0.1, 0.15) is 18.7 Å². The summed E-state index contributed by atoms with van der Waals surface area (Å²) in [5.41, 5.74) is 2.12. The van der Waals surface area contributed by atoms with Gasteiger partial charge in [0.2, 0.25) is 0 Å². The molecule has 0 radical (unpaired) electrons. The standard InChI is InChI=1S/C19H19N3O3S/c1-25-10-15-20-17(22-9-5-8-14(22)19(23)24)16-13(11-26-18(16)21-15)12-6-3-2-4-7-12/h2-4,6-7,11,14H,5,8-10H2,1H3,(H,23,24). The first kappa shape index (κ1) is 16.9. The molecule has 0 amide bonds. The van der Waals surface area contributed by atoms with Gasteiger partial charge in [0.15, 0.2) is 5.82 Å². The molecule has 1 saturated heterocycles. The highest BCUT2D eigenvalue weighted by Gasteiger charge is 2.33. The summed E-state index contributed by atoms with van der Waals surface area (Å²) in [6.45, 7) is 0.979. The predicted octanol–water partition coefficient (Wildman–Crippen LogP) is 3.56. The minimum absolute atomic E-state index is 0.299. The predicted molar refractivity (Wildman–Crippen MR) is 102 cm³/mol. The van der Waals surface area contributed by atoms with Crippen LogP contribution in [-0.2, 0) is 16.1 Å². The third kappa shape index (κ3) is 2.93. The summed E-state index contributed by atoms with van der Waals surface area (Å²) < 4.78 is 5.20. The highest BCUT2D eigenvalue weighted by Crippen LogP contribution is 2.40. The number of aromatic nitrogens is 2. The quantitative estimate of drug-likeness (QED) is 0.741. The van der Waals surface area contributed by atoms with Crippen molar-refractivity contribution in [2.45, 2.75) is 25.5 Å². The minimum atomic E-state index is -0.806. The second-order valence-corrected chi connectivity index (χ2v) is 7.14. The molecule has 4 rings (SSSR count). The Morgan fingerprint density at radius 1 is 1.35 bits per heavy atom. The van der Waals surface area contributed by atoms with Crippen LogP contribution in [-0.4, -0.2) is 40.7 Å². The number of hydrogen-bond donors (Lipinski definition) is 1. The van der Waals surface area contributed by atoms with Crippen LogP contribution < -0.4 is 4.90 Å². The second kappa shape index (κ2) is 7.01. The molecular weight excluding hydrogens is 350 g/mol.